The number of aromatic amines is 1. The van der Waals surface area contributed by atoms with E-state index in [1.807, 2.05) is 19.9 Å². The van der Waals surface area contributed by atoms with Crippen molar-refractivity contribution in [1.82, 2.24) is 15.1 Å². The number of amides is 2. The first-order valence-electron chi connectivity index (χ1n) is 7.14. The second-order valence-corrected chi connectivity index (χ2v) is 5.32. The summed E-state index contributed by atoms with van der Waals surface area (Å²) in [5, 5.41) is 18.2. The summed E-state index contributed by atoms with van der Waals surface area (Å²) in [7, 11) is 1.64. The Labute approximate surface area is 133 Å². The third-order valence-electron chi connectivity index (χ3n) is 3.66. The van der Waals surface area contributed by atoms with Gasteiger partial charge in [0.25, 0.3) is 0 Å². The fourth-order valence-corrected chi connectivity index (χ4v) is 2.22. The summed E-state index contributed by atoms with van der Waals surface area (Å²) in [6, 6.07) is 5.36. The summed E-state index contributed by atoms with van der Waals surface area (Å²) >= 11 is 0. The third-order valence-corrected chi connectivity index (χ3v) is 3.66. The molecule has 0 aliphatic rings. The number of benzene rings is 1. The topological polar surface area (TPSA) is 84.8 Å². The fraction of sp³-hybridized carbons (Fsp3) is 0.312. The van der Waals surface area contributed by atoms with Gasteiger partial charge in [-0.3, -0.25) is 5.10 Å². The SMILES string of the molecule is Cc1n[nH]c(C)c1CCN(C)C(=O)Nc1ccc(C#N)cc1F. The van der Waals surface area contributed by atoms with E-state index in [4.69, 9.17) is 5.26 Å². The van der Waals surface area contributed by atoms with Crippen molar-refractivity contribution in [2.75, 3.05) is 18.9 Å². The number of nitriles is 1. The number of aromatic nitrogens is 2. The minimum atomic E-state index is -0.632. The number of halogens is 1. The number of aryl methyl sites for hydroxylation is 2. The Hall–Kier alpha value is -2.88. The van der Waals surface area contributed by atoms with Crippen LogP contribution in [-0.4, -0.2) is 34.7 Å². The van der Waals surface area contributed by atoms with Gasteiger partial charge in [0, 0.05) is 19.3 Å². The van der Waals surface area contributed by atoms with Crippen LogP contribution in [0.2, 0.25) is 0 Å². The molecule has 2 rings (SSSR count). The fourth-order valence-electron chi connectivity index (χ4n) is 2.22. The number of hydrogen-bond acceptors (Lipinski definition) is 3. The zero-order valence-corrected chi connectivity index (χ0v) is 13.3. The highest BCUT2D eigenvalue weighted by Crippen LogP contribution is 2.16. The van der Waals surface area contributed by atoms with Crippen molar-refractivity contribution in [1.29, 1.82) is 5.26 Å². The Morgan fingerprint density at radius 3 is 2.78 bits per heavy atom. The van der Waals surface area contributed by atoms with Gasteiger partial charge in [-0.05, 0) is 44.0 Å². The van der Waals surface area contributed by atoms with Gasteiger partial charge in [0.05, 0.1) is 23.0 Å². The first-order chi connectivity index (χ1) is 10.9. The number of rotatable bonds is 4. The normalized spacial score (nSPS) is 10.2. The lowest BCUT2D eigenvalue weighted by Gasteiger charge is -2.18. The van der Waals surface area contributed by atoms with E-state index in [9.17, 15) is 9.18 Å². The molecule has 0 saturated carbocycles. The first kappa shape index (κ1) is 16.5. The minimum Gasteiger partial charge on any atom is -0.327 e. The van der Waals surface area contributed by atoms with Crippen molar-refractivity contribution in [3.8, 4) is 6.07 Å². The van der Waals surface area contributed by atoms with Crippen LogP contribution in [0, 0.1) is 31.0 Å². The zero-order chi connectivity index (χ0) is 17.0. The molecule has 7 heteroatoms. The van der Waals surface area contributed by atoms with Gasteiger partial charge < -0.3 is 10.2 Å². The molecule has 6 nitrogen and oxygen atoms in total. The largest absolute Gasteiger partial charge is 0.327 e. The molecule has 0 fully saturated rings. The molecule has 1 heterocycles. The van der Waals surface area contributed by atoms with Gasteiger partial charge in [-0.25, -0.2) is 9.18 Å². The highest BCUT2D eigenvalue weighted by atomic mass is 19.1. The lowest BCUT2D eigenvalue weighted by atomic mass is 10.1. The van der Waals surface area contributed by atoms with Gasteiger partial charge in [-0.2, -0.15) is 10.4 Å². The van der Waals surface area contributed by atoms with E-state index < -0.39 is 11.8 Å². The lowest BCUT2D eigenvalue weighted by molar-refractivity contribution is 0.223. The van der Waals surface area contributed by atoms with Crippen LogP contribution in [0.15, 0.2) is 18.2 Å². The molecule has 0 atom stereocenters. The van der Waals surface area contributed by atoms with Crippen LogP contribution in [0.1, 0.15) is 22.5 Å². The van der Waals surface area contributed by atoms with Crippen LogP contribution in [-0.2, 0) is 6.42 Å². The highest BCUT2D eigenvalue weighted by Gasteiger charge is 2.14. The van der Waals surface area contributed by atoms with Crippen molar-refractivity contribution in [3.63, 3.8) is 0 Å². The maximum absolute atomic E-state index is 13.8. The van der Waals surface area contributed by atoms with Crippen LogP contribution >= 0.6 is 0 Å². The molecular weight excluding hydrogens is 297 g/mol. The van der Waals surface area contributed by atoms with Crippen LogP contribution in [0.3, 0.4) is 0 Å². The quantitative estimate of drug-likeness (QED) is 0.909. The Morgan fingerprint density at radius 2 is 2.22 bits per heavy atom. The third kappa shape index (κ3) is 3.86. The van der Waals surface area contributed by atoms with Crippen molar-refractivity contribution in [2.24, 2.45) is 0 Å². The van der Waals surface area contributed by atoms with Crippen LogP contribution in [0.4, 0.5) is 14.9 Å². The first-order valence-corrected chi connectivity index (χ1v) is 7.14. The molecule has 1 aromatic carbocycles. The lowest BCUT2D eigenvalue weighted by Crippen LogP contribution is -2.33. The van der Waals surface area contributed by atoms with Gasteiger partial charge in [-0.1, -0.05) is 0 Å². The van der Waals surface area contributed by atoms with Crippen molar-refractivity contribution in [2.45, 2.75) is 20.3 Å². The molecule has 0 bridgehead atoms. The van der Waals surface area contributed by atoms with E-state index in [0.717, 1.165) is 23.0 Å². The van der Waals surface area contributed by atoms with Crippen molar-refractivity contribution >= 4 is 11.7 Å². The number of H-pyrrole nitrogens is 1. The van der Waals surface area contributed by atoms with Gasteiger partial charge >= 0.3 is 6.03 Å². The van der Waals surface area contributed by atoms with E-state index >= 15 is 0 Å². The summed E-state index contributed by atoms with van der Waals surface area (Å²) in [5.74, 6) is -0.632. The zero-order valence-electron chi connectivity index (χ0n) is 13.3. The van der Waals surface area contributed by atoms with Gasteiger partial charge in [0.15, 0.2) is 0 Å². The number of urea groups is 1. The molecule has 2 aromatic rings. The summed E-state index contributed by atoms with van der Waals surface area (Å²) in [5.41, 5.74) is 3.23. The van der Waals surface area contributed by atoms with Crippen LogP contribution in [0.5, 0.6) is 0 Å². The molecule has 0 saturated heterocycles. The standard InChI is InChI=1S/C16H18FN5O/c1-10-13(11(2)21-20-10)6-7-22(3)16(23)19-15-5-4-12(9-18)8-14(15)17/h4-5,8H,6-7H2,1-3H3,(H,19,23)(H,20,21). The molecule has 23 heavy (non-hydrogen) atoms. The monoisotopic (exact) mass is 315 g/mol. The van der Waals surface area contributed by atoms with E-state index in [1.165, 1.54) is 17.0 Å². The second kappa shape index (κ2) is 6.92. The smallest absolute Gasteiger partial charge is 0.321 e. The van der Waals surface area contributed by atoms with E-state index in [2.05, 4.69) is 15.5 Å². The molecule has 0 aliphatic carbocycles. The van der Waals surface area contributed by atoms with Gasteiger partial charge in [0.1, 0.15) is 5.82 Å². The van der Waals surface area contributed by atoms with E-state index in [0.29, 0.717) is 13.0 Å². The average molecular weight is 315 g/mol. The molecule has 1 aromatic heterocycles. The minimum absolute atomic E-state index is 0.0523. The summed E-state index contributed by atoms with van der Waals surface area (Å²) in [6.45, 7) is 4.32. The van der Waals surface area contributed by atoms with Crippen molar-refractivity contribution < 1.29 is 9.18 Å². The van der Waals surface area contributed by atoms with Crippen LogP contribution < -0.4 is 5.32 Å². The Bertz CT molecular complexity index is 743. The molecule has 0 radical (unpaired) electrons. The molecule has 0 aliphatic heterocycles. The average Bonchev–Trinajstić information content (AvgIpc) is 2.85. The maximum Gasteiger partial charge on any atom is 0.321 e. The van der Waals surface area contributed by atoms with E-state index in [-0.39, 0.29) is 11.3 Å². The molecule has 2 amide bonds. The molecule has 120 valence electrons. The number of nitrogens with zero attached hydrogens (tertiary/aromatic N) is 3. The summed E-state index contributed by atoms with van der Waals surface area (Å²) in [4.78, 5) is 13.6. The Balaban J connectivity index is 1.97. The van der Waals surface area contributed by atoms with Crippen LogP contribution in [0.25, 0.3) is 0 Å². The molecule has 0 unspecified atom stereocenters. The predicted octanol–water partition coefficient (Wildman–Crippen LogP) is 2.74. The number of carbonyl (C=O) groups is 1. The molecular formula is C16H18FN5O. The van der Waals surface area contributed by atoms with Crippen molar-refractivity contribution in [3.05, 3.63) is 46.5 Å². The maximum atomic E-state index is 13.8. The number of likely N-dealkylation sites (N-methyl/N-ethyl adjacent to an activating group) is 1. The number of anilines is 1. The number of carbonyl (C=O) groups excluding carboxylic acids is 1. The van der Waals surface area contributed by atoms with E-state index in [1.54, 1.807) is 7.05 Å². The number of hydrogen-bond donors (Lipinski definition) is 2. The molecule has 0 spiro atoms. The summed E-state index contributed by atoms with van der Waals surface area (Å²) in [6.07, 6.45) is 0.661. The van der Waals surface area contributed by atoms with Gasteiger partial charge in [0.2, 0.25) is 0 Å². The summed E-state index contributed by atoms with van der Waals surface area (Å²) < 4.78 is 13.8. The predicted molar refractivity (Wildman–Crippen MR) is 84.5 cm³/mol. The van der Waals surface area contributed by atoms with Gasteiger partial charge in [-0.15, -0.1) is 0 Å². The molecule has 2 N–H and O–H groups in total. The Kier molecular flexibility index (Phi) is 4.96. The number of nitrogens with one attached hydrogen (secondary N) is 2. The second-order valence-electron chi connectivity index (χ2n) is 5.32. The highest BCUT2D eigenvalue weighted by molar-refractivity contribution is 5.89. The Morgan fingerprint density at radius 1 is 1.48 bits per heavy atom.